The molecule has 0 aliphatic carbocycles. The van der Waals surface area contributed by atoms with Gasteiger partial charge in [0, 0.05) is 32.4 Å². The number of ether oxygens (including phenoxy) is 1. The molecular formula is C17H25N3O2. The Labute approximate surface area is 132 Å². The lowest BCUT2D eigenvalue weighted by molar-refractivity contribution is -0.0600. The standard InChI is InChI=1S/C17H25N3O2/c1-19-10-5-14(6-11-19)22-15-7-12-20(13-8-15)17(21)16-4-2-3-9-18-16/h2-4,9,14-15H,5-8,10-13H2,1H3. The maximum atomic E-state index is 12.3. The third-order valence-corrected chi connectivity index (χ3v) is 4.66. The van der Waals surface area contributed by atoms with Crippen molar-refractivity contribution < 1.29 is 9.53 Å². The number of amides is 1. The summed E-state index contributed by atoms with van der Waals surface area (Å²) in [5, 5.41) is 0. The molecule has 5 nitrogen and oxygen atoms in total. The predicted octanol–water partition coefficient (Wildman–Crippen LogP) is 1.80. The number of likely N-dealkylation sites (tertiary alicyclic amines) is 2. The Kier molecular flexibility index (Phi) is 5.05. The van der Waals surface area contributed by atoms with Gasteiger partial charge < -0.3 is 14.5 Å². The zero-order valence-corrected chi connectivity index (χ0v) is 13.3. The fourth-order valence-electron chi connectivity index (χ4n) is 3.24. The average Bonchev–Trinajstić information content (AvgIpc) is 2.58. The van der Waals surface area contributed by atoms with Gasteiger partial charge in [-0.2, -0.15) is 0 Å². The molecule has 1 aromatic rings. The first-order chi connectivity index (χ1) is 10.7. The van der Waals surface area contributed by atoms with Crippen LogP contribution in [0.1, 0.15) is 36.2 Å². The number of carbonyl (C=O) groups is 1. The molecule has 0 spiro atoms. The van der Waals surface area contributed by atoms with E-state index >= 15 is 0 Å². The van der Waals surface area contributed by atoms with Gasteiger partial charge in [-0.1, -0.05) is 6.07 Å². The predicted molar refractivity (Wildman–Crippen MR) is 84.8 cm³/mol. The molecule has 0 unspecified atom stereocenters. The highest BCUT2D eigenvalue weighted by molar-refractivity contribution is 5.92. The van der Waals surface area contributed by atoms with E-state index in [1.807, 2.05) is 17.0 Å². The topological polar surface area (TPSA) is 45.7 Å². The molecule has 0 radical (unpaired) electrons. The maximum Gasteiger partial charge on any atom is 0.272 e. The molecule has 2 saturated heterocycles. The SMILES string of the molecule is CN1CCC(OC2CCN(C(=O)c3ccccn3)CC2)CC1. The van der Waals surface area contributed by atoms with E-state index in [-0.39, 0.29) is 5.91 Å². The summed E-state index contributed by atoms with van der Waals surface area (Å²) in [6, 6.07) is 5.47. The second kappa shape index (κ2) is 7.20. The van der Waals surface area contributed by atoms with Crippen molar-refractivity contribution in [2.75, 3.05) is 33.2 Å². The summed E-state index contributed by atoms with van der Waals surface area (Å²) < 4.78 is 6.23. The zero-order chi connectivity index (χ0) is 15.4. The molecule has 0 atom stereocenters. The number of rotatable bonds is 3. The van der Waals surface area contributed by atoms with Crippen molar-refractivity contribution in [1.82, 2.24) is 14.8 Å². The minimum absolute atomic E-state index is 0.0401. The number of piperidine rings is 2. The van der Waals surface area contributed by atoms with Crippen LogP contribution < -0.4 is 0 Å². The molecule has 3 heterocycles. The Bertz CT molecular complexity index is 478. The lowest BCUT2D eigenvalue weighted by atomic mass is 10.0. The minimum atomic E-state index is 0.0401. The van der Waals surface area contributed by atoms with E-state index in [1.54, 1.807) is 12.3 Å². The van der Waals surface area contributed by atoms with Crippen molar-refractivity contribution in [2.24, 2.45) is 0 Å². The quantitative estimate of drug-likeness (QED) is 0.854. The number of nitrogens with zero attached hydrogens (tertiary/aromatic N) is 3. The van der Waals surface area contributed by atoms with Gasteiger partial charge in [-0.25, -0.2) is 0 Å². The maximum absolute atomic E-state index is 12.3. The normalized spacial score (nSPS) is 22.0. The Balaban J connectivity index is 1.45. The summed E-state index contributed by atoms with van der Waals surface area (Å²) in [6.45, 7) is 3.79. The molecule has 2 aliphatic heterocycles. The molecule has 0 bridgehead atoms. The van der Waals surface area contributed by atoms with Crippen LogP contribution in [0.25, 0.3) is 0 Å². The fourth-order valence-corrected chi connectivity index (χ4v) is 3.24. The summed E-state index contributed by atoms with van der Waals surface area (Å²) in [4.78, 5) is 20.8. The third-order valence-electron chi connectivity index (χ3n) is 4.66. The van der Waals surface area contributed by atoms with Crippen molar-refractivity contribution in [2.45, 2.75) is 37.9 Å². The van der Waals surface area contributed by atoms with Crippen LogP contribution >= 0.6 is 0 Å². The van der Waals surface area contributed by atoms with E-state index in [0.717, 1.165) is 51.9 Å². The number of aromatic nitrogens is 1. The Morgan fingerprint density at radius 3 is 2.32 bits per heavy atom. The van der Waals surface area contributed by atoms with E-state index in [4.69, 9.17) is 4.74 Å². The Hall–Kier alpha value is -1.46. The first-order valence-corrected chi connectivity index (χ1v) is 8.26. The van der Waals surface area contributed by atoms with Crippen LogP contribution in [-0.2, 0) is 4.74 Å². The molecule has 3 rings (SSSR count). The summed E-state index contributed by atoms with van der Waals surface area (Å²) in [7, 11) is 2.16. The van der Waals surface area contributed by atoms with Crippen molar-refractivity contribution in [3.8, 4) is 0 Å². The molecule has 2 aliphatic rings. The number of hydrogen-bond donors (Lipinski definition) is 0. The largest absolute Gasteiger partial charge is 0.375 e. The van der Waals surface area contributed by atoms with Crippen molar-refractivity contribution in [3.05, 3.63) is 30.1 Å². The molecule has 0 aromatic carbocycles. The van der Waals surface area contributed by atoms with E-state index < -0.39 is 0 Å². The van der Waals surface area contributed by atoms with Gasteiger partial charge in [0.15, 0.2) is 0 Å². The van der Waals surface area contributed by atoms with Crippen molar-refractivity contribution in [1.29, 1.82) is 0 Å². The van der Waals surface area contributed by atoms with Crippen molar-refractivity contribution >= 4 is 5.91 Å². The van der Waals surface area contributed by atoms with Crippen LogP contribution in [-0.4, -0.2) is 66.1 Å². The van der Waals surface area contributed by atoms with Crippen LogP contribution in [0.5, 0.6) is 0 Å². The highest BCUT2D eigenvalue weighted by Gasteiger charge is 2.27. The van der Waals surface area contributed by atoms with Crippen LogP contribution in [0.2, 0.25) is 0 Å². The van der Waals surface area contributed by atoms with E-state index in [1.165, 1.54) is 0 Å². The van der Waals surface area contributed by atoms with Crippen molar-refractivity contribution in [3.63, 3.8) is 0 Å². The molecule has 22 heavy (non-hydrogen) atoms. The Morgan fingerprint density at radius 2 is 1.73 bits per heavy atom. The summed E-state index contributed by atoms with van der Waals surface area (Å²) in [5.41, 5.74) is 0.539. The summed E-state index contributed by atoms with van der Waals surface area (Å²) in [5.74, 6) is 0.0401. The molecule has 2 fully saturated rings. The van der Waals surface area contributed by atoms with Gasteiger partial charge in [-0.05, 0) is 44.9 Å². The highest BCUT2D eigenvalue weighted by Crippen LogP contribution is 2.21. The van der Waals surface area contributed by atoms with Gasteiger partial charge in [0.25, 0.3) is 5.91 Å². The third kappa shape index (κ3) is 3.84. The molecular weight excluding hydrogens is 278 g/mol. The zero-order valence-electron chi connectivity index (χ0n) is 13.3. The lowest BCUT2D eigenvalue weighted by Gasteiger charge is -2.36. The lowest BCUT2D eigenvalue weighted by Crippen LogP contribution is -2.43. The van der Waals surface area contributed by atoms with E-state index in [9.17, 15) is 4.79 Å². The van der Waals surface area contributed by atoms with E-state index in [0.29, 0.717) is 17.9 Å². The fraction of sp³-hybridized carbons (Fsp3) is 0.647. The minimum Gasteiger partial charge on any atom is -0.375 e. The molecule has 0 N–H and O–H groups in total. The van der Waals surface area contributed by atoms with Gasteiger partial charge in [0.1, 0.15) is 5.69 Å². The molecule has 1 aromatic heterocycles. The molecule has 5 heteroatoms. The van der Waals surface area contributed by atoms with E-state index in [2.05, 4.69) is 16.9 Å². The van der Waals surface area contributed by atoms with Gasteiger partial charge in [-0.3, -0.25) is 9.78 Å². The first kappa shape index (κ1) is 15.4. The Morgan fingerprint density at radius 1 is 1.09 bits per heavy atom. The smallest absolute Gasteiger partial charge is 0.272 e. The number of pyridine rings is 1. The van der Waals surface area contributed by atoms with Gasteiger partial charge >= 0.3 is 0 Å². The molecule has 1 amide bonds. The second-order valence-corrected chi connectivity index (χ2v) is 6.35. The monoisotopic (exact) mass is 303 g/mol. The van der Waals surface area contributed by atoms with Gasteiger partial charge in [-0.15, -0.1) is 0 Å². The summed E-state index contributed by atoms with van der Waals surface area (Å²) in [6.07, 6.45) is 6.51. The number of hydrogen-bond acceptors (Lipinski definition) is 4. The van der Waals surface area contributed by atoms with Crippen LogP contribution in [0.4, 0.5) is 0 Å². The van der Waals surface area contributed by atoms with Gasteiger partial charge in [0.05, 0.1) is 12.2 Å². The number of carbonyl (C=O) groups excluding carboxylic acids is 1. The molecule has 120 valence electrons. The van der Waals surface area contributed by atoms with Gasteiger partial charge in [0.2, 0.25) is 0 Å². The average molecular weight is 303 g/mol. The first-order valence-electron chi connectivity index (χ1n) is 8.26. The summed E-state index contributed by atoms with van der Waals surface area (Å²) >= 11 is 0. The van der Waals surface area contributed by atoms with Crippen LogP contribution in [0, 0.1) is 0 Å². The van der Waals surface area contributed by atoms with Crippen LogP contribution in [0.3, 0.4) is 0 Å². The highest BCUT2D eigenvalue weighted by atomic mass is 16.5. The van der Waals surface area contributed by atoms with Crippen LogP contribution in [0.15, 0.2) is 24.4 Å². The second-order valence-electron chi connectivity index (χ2n) is 6.35. The molecule has 0 saturated carbocycles.